The van der Waals surface area contributed by atoms with Gasteiger partial charge in [0, 0.05) is 32.4 Å². The Bertz CT molecular complexity index is 786. The summed E-state index contributed by atoms with van der Waals surface area (Å²) in [6.45, 7) is 9.01. The number of nitrogens with zero attached hydrogens (tertiary/aromatic N) is 2. The number of nitrogens with one attached hydrogen (secondary N) is 2. The predicted molar refractivity (Wildman–Crippen MR) is 119 cm³/mol. The molecule has 2 N–H and O–H groups in total. The lowest BCUT2D eigenvalue weighted by Gasteiger charge is -2.29. The zero-order valence-electron chi connectivity index (χ0n) is 17.6. The van der Waals surface area contributed by atoms with E-state index in [0.29, 0.717) is 6.54 Å². The first-order valence-electron chi connectivity index (χ1n) is 10.2. The van der Waals surface area contributed by atoms with E-state index in [9.17, 15) is 0 Å². The number of aryl methyl sites for hydroxylation is 1. The lowest BCUT2D eigenvalue weighted by Crippen LogP contribution is -2.41. The van der Waals surface area contributed by atoms with Crippen LogP contribution >= 0.6 is 0 Å². The van der Waals surface area contributed by atoms with Gasteiger partial charge in [0.1, 0.15) is 11.9 Å². The Morgan fingerprint density at radius 1 is 1.10 bits per heavy atom. The standard InChI is InChI=1S/C23H32N4O2/c1-18-6-4-5-7-22(18)29-19(2)16-25-23(24-3)26-17-20-8-10-21(11-9-20)27-12-14-28-15-13-27/h4-11,19H,12-17H2,1-3H3,(H2,24,25,26). The normalized spacial score (nSPS) is 15.7. The SMILES string of the molecule is CN=C(NCc1ccc(N2CCOCC2)cc1)NCC(C)Oc1ccccc1C. The molecule has 1 aliphatic rings. The van der Waals surface area contributed by atoms with Gasteiger partial charge in [0.05, 0.1) is 19.8 Å². The minimum Gasteiger partial charge on any atom is -0.489 e. The van der Waals surface area contributed by atoms with Gasteiger partial charge in [0.2, 0.25) is 0 Å². The topological polar surface area (TPSA) is 58.1 Å². The Morgan fingerprint density at radius 3 is 2.52 bits per heavy atom. The number of guanidine groups is 1. The predicted octanol–water partition coefficient (Wildman–Crippen LogP) is 2.96. The molecular formula is C23H32N4O2. The molecule has 1 aliphatic heterocycles. The Morgan fingerprint density at radius 2 is 1.83 bits per heavy atom. The number of aliphatic imine (C=N–C) groups is 1. The van der Waals surface area contributed by atoms with Crippen LogP contribution in [0.5, 0.6) is 5.75 Å². The monoisotopic (exact) mass is 396 g/mol. The number of hydrogen-bond acceptors (Lipinski definition) is 4. The molecule has 0 aliphatic carbocycles. The highest BCUT2D eigenvalue weighted by atomic mass is 16.5. The Balaban J connectivity index is 1.43. The minimum atomic E-state index is 0.0301. The fourth-order valence-electron chi connectivity index (χ4n) is 3.24. The molecule has 156 valence electrons. The fourth-order valence-corrected chi connectivity index (χ4v) is 3.24. The summed E-state index contributed by atoms with van der Waals surface area (Å²) in [4.78, 5) is 6.67. The maximum atomic E-state index is 6.01. The second kappa shape index (κ2) is 10.7. The van der Waals surface area contributed by atoms with Gasteiger partial charge in [0.25, 0.3) is 0 Å². The summed E-state index contributed by atoms with van der Waals surface area (Å²) in [5.41, 5.74) is 3.61. The number of anilines is 1. The number of morpholine rings is 1. The van der Waals surface area contributed by atoms with Crippen LogP contribution in [0.2, 0.25) is 0 Å². The highest BCUT2D eigenvalue weighted by molar-refractivity contribution is 5.79. The van der Waals surface area contributed by atoms with Crippen LogP contribution < -0.4 is 20.3 Å². The molecule has 0 spiro atoms. The van der Waals surface area contributed by atoms with Crippen molar-refractivity contribution in [2.45, 2.75) is 26.5 Å². The van der Waals surface area contributed by atoms with Gasteiger partial charge in [-0.2, -0.15) is 0 Å². The first-order chi connectivity index (χ1) is 14.2. The third-order valence-corrected chi connectivity index (χ3v) is 4.97. The van der Waals surface area contributed by atoms with Crippen molar-refractivity contribution in [1.29, 1.82) is 0 Å². The van der Waals surface area contributed by atoms with Gasteiger partial charge in [0.15, 0.2) is 5.96 Å². The molecule has 2 aromatic carbocycles. The fraction of sp³-hybridized carbons (Fsp3) is 0.435. The average molecular weight is 397 g/mol. The highest BCUT2D eigenvalue weighted by Crippen LogP contribution is 2.18. The van der Waals surface area contributed by atoms with E-state index in [1.165, 1.54) is 11.3 Å². The van der Waals surface area contributed by atoms with Crippen molar-refractivity contribution in [2.24, 2.45) is 4.99 Å². The molecule has 0 aromatic heterocycles. The largest absolute Gasteiger partial charge is 0.489 e. The van der Waals surface area contributed by atoms with Crippen molar-refractivity contribution in [3.63, 3.8) is 0 Å². The first-order valence-corrected chi connectivity index (χ1v) is 10.2. The van der Waals surface area contributed by atoms with E-state index in [-0.39, 0.29) is 6.10 Å². The quantitative estimate of drug-likeness (QED) is 0.557. The number of ether oxygens (including phenoxy) is 2. The summed E-state index contributed by atoms with van der Waals surface area (Å²) >= 11 is 0. The molecule has 1 saturated heterocycles. The first kappa shape index (κ1) is 21.0. The van der Waals surface area contributed by atoms with Crippen LogP contribution in [0, 0.1) is 6.92 Å². The number of rotatable bonds is 7. The van der Waals surface area contributed by atoms with Crippen molar-refractivity contribution >= 4 is 11.6 Å². The van der Waals surface area contributed by atoms with Gasteiger partial charge in [-0.3, -0.25) is 4.99 Å². The summed E-state index contributed by atoms with van der Waals surface area (Å²) in [6, 6.07) is 16.7. The number of hydrogen-bond donors (Lipinski definition) is 2. The summed E-state index contributed by atoms with van der Waals surface area (Å²) in [5.74, 6) is 1.69. The van der Waals surface area contributed by atoms with Gasteiger partial charge >= 0.3 is 0 Å². The molecular weight excluding hydrogens is 364 g/mol. The highest BCUT2D eigenvalue weighted by Gasteiger charge is 2.11. The van der Waals surface area contributed by atoms with Crippen molar-refractivity contribution in [3.8, 4) is 5.75 Å². The van der Waals surface area contributed by atoms with Gasteiger partial charge in [-0.15, -0.1) is 0 Å². The van der Waals surface area contributed by atoms with Crippen molar-refractivity contribution in [1.82, 2.24) is 10.6 Å². The summed E-state index contributed by atoms with van der Waals surface area (Å²) in [6.07, 6.45) is 0.0301. The van der Waals surface area contributed by atoms with E-state index in [2.05, 4.69) is 64.7 Å². The molecule has 0 amide bonds. The molecule has 6 heteroatoms. The molecule has 1 fully saturated rings. The molecule has 3 rings (SSSR count). The van der Waals surface area contributed by atoms with Crippen LogP contribution in [-0.2, 0) is 11.3 Å². The third kappa shape index (κ3) is 6.39. The molecule has 0 saturated carbocycles. The van der Waals surface area contributed by atoms with Crippen LogP contribution in [0.15, 0.2) is 53.5 Å². The van der Waals surface area contributed by atoms with E-state index in [0.717, 1.165) is 50.1 Å². The molecule has 0 bridgehead atoms. The van der Waals surface area contributed by atoms with Crippen molar-refractivity contribution in [3.05, 3.63) is 59.7 Å². The third-order valence-electron chi connectivity index (χ3n) is 4.97. The van der Waals surface area contributed by atoms with Crippen molar-refractivity contribution in [2.75, 3.05) is 44.8 Å². The van der Waals surface area contributed by atoms with E-state index < -0.39 is 0 Å². The Kier molecular flexibility index (Phi) is 7.76. The average Bonchev–Trinajstić information content (AvgIpc) is 2.76. The maximum Gasteiger partial charge on any atom is 0.191 e. The molecule has 2 aromatic rings. The number of benzene rings is 2. The van der Waals surface area contributed by atoms with Crippen LogP contribution in [0.3, 0.4) is 0 Å². The van der Waals surface area contributed by atoms with Gasteiger partial charge < -0.3 is 25.0 Å². The lowest BCUT2D eigenvalue weighted by atomic mass is 10.2. The van der Waals surface area contributed by atoms with E-state index in [4.69, 9.17) is 9.47 Å². The summed E-state index contributed by atoms with van der Waals surface area (Å²) in [7, 11) is 1.78. The second-order valence-corrected chi connectivity index (χ2v) is 7.27. The lowest BCUT2D eigenvalue weighted by molar-refractivity contribution is 0.122. The Hall–Kier alpha value is -2.73. The molecule has 6 nitrogen and oxygen atoms in total. The smallest absolute Gasteiger partial charge is 0.191 e. The van der Waals surface area contributed by atoms with Gasteiger partial charge in [-0.05, 0) is 43.2 Å². The molecule has 1 heterocycles. The summed E-state index contributed by atoms with van der Waals surface area (Å²) in [5, 5.41) is 6.70. The van der Waals surface area contributed by atoms with Gasteiger partial charge in [-0.25, -0.2) is 0 Å². The number of para-hydroxylation sites is 1. The van der Waals surface area contributed by atoms with Crippen LogP contribution in [-0.4, -0.2) is 52.0 Å². The molecule has 1 atom stereocenters. The molecule has 29 heavy (non-hydrogen) atoms. The second-order valence-electron chi connectivity index (χ2n) is 7.27. The minimum absolute atomic E-state index is 0.0301. The zero-order chi connectivity index (χ0) is 20.5. The van der Waals surface area contributed by atoms with Crippen molar-refractivity contribution < 1.29 is 9.47 Å². The van der Waals surface area contributed by atoms with E-state index in [1.54, 1.807) is 7.05 Å². The molecule has 1 unspecified atom stereocenters. The zero-order valence-corrected chi connectivity index (χ0v) is 17.6. The maximum absolute atomic E-state index is 6.01. The van der Waals surface area contributed by atoms with Gasteiger partial charge in [-0.1, -0.05) is 30.3 Å². The van der Waals surface area contributed by atoms with Crippen LogP contribution in [0.25, 0.3) is 0 Å². The van der Waals surface area contributed by atoms with Crippen LogP contribution in [0.1, 0.15) is 18.1 Å². The molecule has 0 radical (unpaired) electrons. The Labute approximate surface area is 173 Å². The van der Waals surface area contributed by atoms with E-state index >= 15 is 0 Å². The summed E-state index contributed by atoms with van der Waals surface area (Å²) < 4.78 is 11.4. The van der Waals surface area contributed by atoms with Crippen LogP contribution in [0.4, 0.5) is 5.69 Å². The van der Waals surface area contributed by atoms with E-state index in [1.807, 2.05) is 18.2 Å².